The maximum atomic E-state index is 12.6. The number of alkyl carbamates (subject to hydrolysis) is 1. The molecule has 0 saturated heterocycles. The van der Waals surface area contributed by atoms with Crippen LogP contribution in [0.1, 0.15) is 53.5 Å². The van der Waals surface area contributed by atoms with E-state index in [0.29, 0.717) is 31.1 Å². The Morgan fingerprint density at radius 3 is 2.42 bits per heavy atom. The molecule has 7 nitrogen and oxygen atoms in total. The Morgan fingerprint density at radius 1 is 1.13 bits per heavy atom. The molecular weight excluding hydrogens is 396 g/mol. The summed E-state index contributed by atoms with van der Waals surface area (Å²) < 4.78 is 16.3. The molecule has 0 heterocycles. The average Bonchev–Trinajstić information content (AvgIpc) is 2.68. The quantitative estimate of drug-likeness (QED) is 0.581. The highest BCUT2D eigenvalue weighted by atomic mass is 16.6. The summed E-state index contributed by atoms with van der Waals surface area (Å²) in [6.45, 7) is 11.8. The van der Waals surface area contributed by atoms with Gasteiger partial charge in [0.15, 0.2) is 11.5 Å². The zero-order valence-corrected chi connectivity index (χ0v) is 19.8. The fourth-order valence-corrected chi connectivity index (χ4v) is 2.69. The molecular formula is C24H36N2O5. The molecule has 31 heavy (non-hydrogen) atoms. The number of hydrogen-bond acceptors (Lipinski definition) is 5. The topological polar surface area (TPSA) is 85.9 Å². The SMILES string of the molecule is CCC#CCOc1ccc(CCNC(=O)C(NC(=O)OC(C)(C)C)C(C)C)cc1OC. The van der Waals surface area contributed by atoms with Gasteiger partial charge in [0.25, 0.3) is 0 Å². The second-order valence-electron chi connectivity index (χ2n) is 8.39. The minimum atomic E-state index is -0.676. The van der Waals surface area contributed by atoms with E-state index in [1.807, 2.05) is 39.0 Å². The summed E-state index contributed by atoms with van der Waals surface area (Å²) in [6, 6.07) is 4.97. The first-order valence-electron chi connectivity index (χ1n) is 10.6. The molecule has 0 aliphatic heterocycles. The van der Waals surface area contributed by atoms with Crippen molar-refractivity contribution in [2.45, 2.75) is 66.0 Å². The molecule has 1 aromatic carbocycles. The summed E-state index contributed by atoms with van der Waals surface area (Å²) in [5, 5.41) is 5.54. The van der Waals surface area contributed by atoms with Crippen LogP contribution in [0.3, 0.4) is 0 Å². The van der Waals surface area contributed by atoms with Gasteiger partial charge in [-0.3, -0.25) is 4.79 Å². The monoisotopic (exact) mass is 432 g/mol. The number of methoxy groups -OCH3 is 1. The van der Waals surface area contributed by atoms with Crippen molar-refractivity contribution < 1.29 is 23.8 Å². The van der Waals surface area contributed by atoms with Crippen LogP contribution in [0.2, 0.25) is 0 Å². The third-order valence-electron chi connectivity index (χ3n) is 4.16. The van der Waals surface area contributed by atoms with Gasteiger partial charge in [-0.15, -0.1) is 5.92 Å². The van der Waals surface area contributed by atoms with Crippen molar-refractivity contribution in [3.8, 4) is 23.3 Å². The van der Waals surface area contributed by atoms with Gasteiger partial charge in [0.05, 0.1) is 7.11 Å². The van der Waals surface area contributed by atoms with E-state index in [2.05, 4.69) is 22.5 Å². The summed E-state index contributed by atoms with van der Waals surface area (Å²) in [5.74, 6) is 6.80. The molecule has 2 amide bonds. The second kappa shape index (κ2) is 12.7. The summed E-state index contributed by atoms with van der Waals surface area (Å²) in [5.41, 5.74) is 0.366. The summed E-state index contributed by atoms with van der Waals surface area (Å²) in [6.07, 6.45) is 0.788. The van der Waals surface area contributed by atoms with Crippen LogP contribution in [-0.2, 0) is 16.0 Å². The van der Waals surface area contributed by atoms with Crippen molar-refractivity contribution >= 4 is 12.0 Å². The van der Waals surface area contributed by atoms with Crippen LogP contribution in [0, 0.1) is 17.8 Å². The van der Waals surface area contributed by atoms with Crippen molar-refractivity contribution in [3.05, 3.63) is 23.8 Å². The Balaban J connectivity index is 2.63. The van der Waals surface area contributed by atoms with Gasteiger partial charge in [-0.1, -0.05) is 32.8 Å². The summed E-state index contributed by atoms with van der Waals surface area (Å²) in [7, 11) is 1.58. The highest BCUT2D eigenvalue weighted by Crippen LogP contribution is 2.28. The van der Waals surface area contributed by atoms with E-state index in [-0.39, 0.29) is 11.8 Å². The molecule has 172 valence electrons. The second-order valence-corrected chi connectivity index (χ2v) is 8.39. The minimum Gasteiger partial charge on any atom is -0.493 e. The summed E-state index contributed by atoms with van der Waals surface area (Å²) in [4.78, 5) is 24.6. The maximum absolute atomic E-state index is 12.6. The number of hydrogen-bond donors (Lipinski definition) is 2. The van der Waals surface area contributed by atoms with Gasteiger partial charge in [-0.2, -0.15) is 0 Å². The Bertz CT molecular complexity index is 787. The van der Waals surface area contributed by atoms with E-state index in [0.717, 1.165) is 12.0 Å². The van der Waals surface area contributed by atoms with Gasteiger partial charge < -0.3 is 24.8 Å². The number of carbonyl (C=O) groups is 2. The molecule has 0 radical (unpaired) electrons. The van der Waals surface area contributed by atoms with Crippen molar-refractivity contribution in [2.75, 3.05) is 20.3 Å². The first-order chi connectivity index (χ1) is 14.6. The summed E-state index contributed by atoms with van der Waals surface area (Å²) >= 11 is 0. The maximum Gasteiger partial charge on any atom is 0.408 e. The van der Waals surface area contributed by atoms with Crippen LogP contribution in [0.25, 0.3) is 0 Å². The first-order valence-corrected chi connectivity index (χ1v) is 10.6. The fourth-order valence-electron chi connectivity index (χ4n) is 2.69. The standard InChI is InChI=1S/C24H36N2O5/c1-8-9-10-15-30-19-12-11-18(16-20(19)29-7)13-14-25-22(27)21(17(2)3)26-23(28)31-24(4,5)6/h11-12,16-17,21H,8,13-15H2,1-7H3,(H,25,27)(H,26,28). The predicted octanol–water partition coefficient (Wildman–Crippen LogP) is 3.70. The first kappa shape index (κ1) is 26.2. The van der Waals surface area contributed by atoms with Gasteiger partial charge in [-0.25, -0.2) is 4.79 Å². The highest BCUT2D eigenvalue weighted by molar-refractivity contribution is 5.85. The van der Waals surface area contributed by atoms with E-state index >= 15 is 0 Å². The van der Waals surface area contributed by atoms with Crippen LogP contribution < -0.4 is 20.1 Å². The average molecular weight is 433 g/mol. The Kier molecular flexibility index (Phi) is 10.7. The lowest BCUT2D eigenvalue weighted by molar-refractivity contribution is -0.124. The van der Waals surface area contributed by atoms with Gasteiger partial charge >= 0.3 is 6.09 Å². The molecule has 0 saturated carbocycles. The molecule has 0 aliphatic rings. The zero-order chi connectivity index (χ0) is 23.4. The molecule has 1 aromatic rings. The molecule has 1 atom stereocenters. The minimum absolute atomic E-state index is 0.0835. The van der Waals surface area contributed by atoms with E-state index in [1.54, 1.807) is 27.9 Å². The number of ether oxygens (including phenoxy) is 3. The molecule has 0 fully saturated rings. The number of nitrogens with one attached hydrogen (secondary N) is 2. The van der Waals surface area contributed by atoms with E-state index in [9.17, 15) is 9.59 Å². The van der Waals surface area contributed by atoms with Crippen LogP contribution in [0.5, 0.6) is 11.5 Å². The normalized spacial score (nSPS) is 11.7. The van der Waals surface area contributed by atoms with Crippen LogP contribution >= 0.6 is 0 Å². The van der Waals surface area contributed by atoms with Crippen LogP contribution in [-0.4, -0.2) is 43.9 Å². The zero-order valence-electron chi connectivity index (χ0n) is 19.8. The molecule has 1 unspecified atom stereocenters. The van der Waals surface area contributed by atoms with Gasteiger partial charge in [-0.05, 0) is 50.8 Å². The smallest absolute Gasteiger partial charge is 0.408 e. The molecule has 2 N–H and O–H groups in total. The number of benzene rings is 1. The molecule has 0 aromatic heterocycles. The Hall–Kier alpha value is -2.88. The highest BCUT2D eigenvalue weighted by Gasteiger charge is 2.26. The lowest BCUT2D eigenvalue weighted by Crippen LogP contribution is -2.51. The van der Waals surface area contributed by atoms with Crippen molar-refractivity contribution in [2.24, 2.45) is 5.92 Å². The molecule has 0 spiro atoms. The van der Waals surface area contributed by atoms with E-state index < -0.39 is 17.7 Å². The Labute approximate surface area is 186 Å². The predicted molar refractivity (Wildman–Crippen MR) is 121 cm³/mol. The third kappa shape index (κ3) is 10.1. The third-order valence-corrected chi connectivity index (χ3v) is 4.16. The van der Waals surface area contributed by atoms with Crippen molar-refractivity contribution in [3.63, 3.8) is 0 Å². The van der Waals surface area contributed by atoms with Crippen LogP contribution in [0.15, 0.2) is 18.2 Å². The number of amides is 2. The van der Waals surface area contributed by atoms with Crippen LogP contribution in [0.4, 0.5) is 4.79 Å². The van der Waals surface area contributed by atoms with Gasteiger partial charge in [0.1, 0.15) is 18.2 Å². The Morgan fingerprint density at radius 2 is 1.84 bits per heavy atom. The largest absolute Gasteiger partial charge is 0.493 e. The number of carbonyl (C=O) groups excluding carboxylic acids is 2. The van der Waals surface area contributed by atoms with Crippen molar-refractivity contribution in [1.29, 1.82) is 0 Å². The molecule has 0 aliphatic carbocycles. The lowest BCUT2D eigenvalue weighted by Gasteiger charge is -2.25. The van der Waals surface area contributed by atoms with Crippen molar-refractivity contribution in [1.82, 2.24) is 10.6 Å². The van der Waals surface area contributed by atoms with Gasteiger partial charge in [0.2, 0.25) is 5.91 Å². The van der Waals surface area contributed by atoms with Gasteiger partial charge in [0, 0.05) is 13.0 Å². The van der Waals surface area contributed by atoms with E-state index in [4.69, 9.17) is 14.2 Å². The lowest BCUT2D eigenvalue weighted by atomic mass is 10.0. The molecule has 1 rings (SSSR count). The van der Waals surface area contributed by atoms with E-state index in [1.165, 1.54) is 0 Å². The molecule has 0 bridgehead atoms. The fraction of sp³-hybridized carbons (Fsp3) is 0.583. The number of rotatable bonds is 9. The molecule has 7 heteroatoms.